The molecule has 4 heteroatoms. The Morgan fingerprint density at radius 2 is 2.05 bits per heavy atom. The van der Waals surface area contributed by atoms with E-state index in [1.807, 2.05) is 7.05 Å². The number of hydrogen-bond donors (Lipinski definition) is 1. The van der Waals surface area contributed by atoms with Gasteiger partial charge >= 0.3 is 0 Å². The van der Waals surface area contributed by atoms with Crippen LogP contribution in [0, 0.1) is 0 Å². The van der Waals surface area contributed by atoms with Crippen LogP contribution in [0.1, 0.15) is 28.8 Å². The monoisotopic (exact) mass is 255 g/mol. The molecule has 4 nitrogen and oxygen atoms in total. The van der Waals surface area contributed by atoms with Crippen molar-refractivity contribution in [3.63, 3.8) is 0 Å². The fraction of sp³-hybridized carbons (Fsp3) is 0.333. The first-order valence-electron chi connectivity index (χ1n) is 6.45. The number of aromatic nitrogens is 2. The highest BCUT2D eigenvalue weighted by Crippen LogP contribution is 2.44. The van der Waals surface area contributed by atoms with Gasteiger partial charge in [0.1, 0.15) is 5.69 Å². The second-order valence-electron chi connectivity index (χ2n) is 4.73. The van der Waals surface area contributed by atoms with E-state index < -0.39 is 0 Å². The van der Waals surface area contributed by atoms with Crippen molar-refractivity contribution in [2.75, 3.05) is 14.2 Å². The summed E-state index contributed by atoms with van der Waals surface area (Å²) < 4.78 is 5.32. The van der Waals surface area contributed by atoms with E-state index in [4.69, 9.17) is 4.74 Å². The number of hydrogen-bond acceptors (Lipinski definition) is 4. The summed E-state index contributed by atoms with van der Waals surface area (Å²) >= 11 is 0. The Labute approximate surface area is 112 Å². The van der Waals surface area contributed by atoms with Gasteiger partial charge in [0.15, 0.2) is 0 Å². The first-order valence-corrected chi connectivity index (χ1v) is 6.45. The van der Waals surface area contributed by atoms with Crippen molar-refractivity contribution in [3.8, 4) is 5.88 Å². The Kier molecular flexibility index (Phi) is 3.17. The number of fused-ring (bicyclic) bond motifs is 1. The maximum atomic E-state index is 5.32. The Morgan fingerprint density at radius 1 is 1.26 bits per heavy atom. The van der Waals surface area contributed by atoms with Gasteiger partial charge in [-0.2, -0.15) is 0 Å². The van der Waals surface area contributed by atoms with E-state index in [0.29, 0.717) is 11.8 Å². The summed E-state index contributed by atoms with van der Waals surface area (Å²) in [5, 5.41) is 3.35. The van der Waals surface area contributed by atoms with Crippen molar-refractivity contribution in [3.05, 3.63) is 53.5 Å². The van der Waals surface area contributed by atoms with Crippen LogP contribution < -0.4 is 10.1 Å². The SMILES string of the molecule is CNC(c1nccnc1OC)C1Cc2ccccc21. The highest BCUT2D eigenvalue weighted by Gasteiger charge is 2.35. The van der Waals surface area contributed by atoms with Crippen LogP contribution in [-0.2, 0) is 6.42 Å². The van der Waals surface area contributed by atoms with Gasteiger partial charge in [-0.05, 0) is 24.6 Å². The molecule has 19 heavy (non-hydrogen) atoms. The van der Waals surface area contributed by atoms with Gasteiger partial charge in [-0.1, -0.05) is 24.3 Å². The largest absolute Gasteiger partial charge is 0.480 e. The maximum Gasteiger partial charge on any atom is 0.237 e. The Bertz CT molecular complexity index is 585. The fourth-order valence-electron chi connectivity index (χ4n) is 2.83. The lowest BCUT2D eigenvalue weighted by molar-refractivity contribution is 0.361. The van der Waals surface area contributed by atoms with Crippen molar-refractivity contribution >= 4 is 0 Å². The molecule has 1 aromatic carbocycles. The molecule has 2 atom stereocenters. The molecule has 3 rings (SSSR count). The van der Waals surface area contributed by atoms with Crippen molar-refractivity contribution in [2.24, 2.45) is 0 Å². The average molecular weight is 255 g/mol. The Morgan fingerprint density at radius 3 is 2.79 bits per heavy atom. The molecule has 0 radical (unpaired) electrons. The molecule has 0 fully saturated rings. The van der Waals surface area contributed by atoms with Crippen LogP contribution in [-0.4, -0.2) is 24.1 Å². The third-order valence-corrected chi connectivity index (χ3v) is 3.79. The molecule has 0 saturated heterocycles. The van der Waals surface area contributed by atoms with Crippen LogP contribution in [0.2, 0.25) is 0 Å². The van der Waals surface area contributed by atoms with Gasteiger partial charge in [-0.15, -0.1) is 0 Å². The van der Waals surface area contributed by atoms with Gasteiger partial charge in [0.25, 0.3) is 0 Å². The summed E-state index contributed by atoms with van der Waals surface area (Å²) in [7, 11) is 3.59. The zero-order valence-electron chi connectivity index (χ0n) is 11.1. The number of likely N-dealkylation sites (N-methyl/N-ethyl adjacent to an activating group) is 1. The minimum absolute atomic E-state index is 0.138. The van der Waals surface area contributed by atoms with Crippen LogP contribution in [0.5, 0.6) is 5.88 Å². The second kappa shape index (κ2) is 4.97. The molecule has 0 aliphatic heterocycles. The molecule has 2 aromatic rings. The molecule has 0 spiro atoms. The summed E-state index contributed by atoms with van der Waals surface area (Å²) in [5.74, 6) is 1.04. The first kappa shape index (κ1) is 12.1. The summed E-state index contributed by atoms with van der Waals surface area (Å²) in [6.07, 6.45) is 4.44. The molecule has 0 saturated carbocycles. The van der Waals surface area contributed by atoms with Gasteiger partial charge in [0, 0.05) is 18.3 Å². The second-order valence-corrected chi connectivity index (χ2v) is 4.73. The number of ether oxygens (including phenoxy) is 1. The smallest absolute Gasteiger partial charge is 0.237 e. The van der Waals surface area contributed by atoms with Gasteiger partial charge in [0.05, 0.1) is 13.2 Å². The summed E-state index contributed by atoms with van der Waals surface area (Å²) in [5.41, 5.74) is 3.71. The molecule has 0 bridgehead atoms. The summed E-state index contributed by atoms with van der Waals surface area (Å²) in [6.45, 7) is 0. The summed E-state index contributed by atoms with van der Waals surface area (Å²) in [6, 6.07) is 8.69. The number of methoxy groups -OCH3 is 1. The van der Waals surface area contributed by atoms with E-state index >= 15 is 0 Å². The predicted octanol–water partition coefficient (Wildman–Crippen LogP) is 2.09. The maximum absolute atomic E-state index is 5.32. The van der Waals surface area contributed by atoms with E-state index in [-0.39, 0.29) is 6.04 Å². The molecule has 2 unspecified atom stereocenters. The first-order chi connectivity index (χ1) is 9.35. The van der Waals surface area contributed by atoms with Crippen LogP contribution >= 0.6 is 0 Å². The van der Waals surface area contributed by atoms with E-state index in [0.717, 1.165) is 12.1 Å². The van der Waals surface area contributed by atoms with E-state index in [1.165, 1.54) is 11.1 Å². The lowest BCUT2D eigenvalue weighted by Crippen LogP contribution is -2.32. The average Bonchev–Trinajstić information content (AvgIpc) is 2.45. The third-order valence-electron chi connectivity index (χ3n) is 3.79. The molecular formula is C15H17N3O. The van der Waals surface area contributed by atoms with Crippen LogP contribution in [0.4, 0.5) is 0 Å². The van der Waals surface area contributed by atoms with Crippen molar-refractivity contribution in [1.29, 1.82) is 0 Å². The van der Waals surface area contributed by atoms with Gasteiger partial charge in [-0.3, -0.25) is 4.98 Å². The molecule has 1 aliphatic rings. The van der Waals surface area contributed by atoms with Crippen molar-refractivity contribution in [1.82, 2.24) is 15.3 Å². The molecule has 1 N–H and O–H groups in total. The Balaban J connectivity index is 1.95. The van der Waals surface area contributed by atoms with Gasteiger partial charge in [-0.25, -0.2) is 4.98 Å². The number of nitrogens with zero attached hydrogens (tertiary/aromatic N) is 2. The van der Waals surface area contributed by atoms with Crippen LogP contribution in [0.3, 0.4) is 0 Å². The van der Waals surface area contributed by atoms with E-state index in [1.54, 1.807) is 19.5 Å². The topological polar surface area (TPSA) is 47.0 Å². The summed E-state index contributed by atoms with van der Waals surface area (Å²) in [4.78, 5) is 8.68. The minimum Gasteiger partial charge on any atom is -0.480 e. The molecule has 1 aromatic heterocycles. The predicted molar refractivity (Wildman–Crippen MR) is 73.3 cm³/mol. The molecule has 98 valence electrons. The lowest BCUT2D eigenvalue weighted by Gasteiger charge is -2.36. The normalized spacial score (nSPS) is 18.3. The Hall–Kier alpha value is -1.94. The zero-order chi connectivity index (χ0) is 13.2. The zero-order valence-corrected chi connectivity index (χ0v) is 11.1. The van der Waals surface area contributed by atoms with E-state index in [2.05, 4.69) is 39.6 Å². The van der Waals surface area contributed by atoms with Gasteiger partial charge in [0.2, 0.25) is 5.88 Å². The molecule has 0 amide bonds. The van der Waals surface area contributed by atoms with Crippen LogP contribution in [0.15, 0.2) is 36.7 Å². The van der Waals surface area contributed by atoms with Gasteiger partial charge < -0.3 is 10.1 Å². The lowest BCUT2D eigenvalue weighted by atomic mass is 9.72. The number of rotatable bonds is 4. The highest BCUT2D eigenvalue weighted by atomic mass is 16.5. The standard InChI is InChI=1S/C15H17N3O/c1-16-13(14-15(19-2)18-8-7-17-14)12-9-10-5-3-4-6-11(10)12/h3-8,12-13,16H,9H2,1-2H3. The molecular weight excluding hydrogens is 238 g/mol. The minimum atomic E-state index is 0.138. The fourth-order valence-corrected chi connectivity index (χ4v) is 2.83. The number of nitrogens with one attached hydrogen (secondary N) is 1. The third kappa shape index (κ3) is 1.98. The van der Waals surface area contributed by atoms with Crippen molar-refractivity contribution in [2.45, 2.75) is 18.4 Å². The van der Waals surface area contributed by atoms with Crippen LogP contribution in [0.25, 0.3) is 0 Å². The molecule has 1 aliphatic carbocycles. The number of benzene rings is 1. The van der Waals surface area contributed by atoms with E-state index in [9.17, 15) is 0 Å². The highest BCUT2D eigenvalue weighted by molar-refractivity contribution is 5.43. The van der Waals surface area contributed by atoms with Crippen molar-refractivity contribution < 1.29 is 4.74 Å². The molecule has 1 heterocycles. The quantitative estimate of drug-likeness (QED) is 0.908.